The lowest BCUT2D eigenvalue weighted by Crippen LogP contribution is -2.15. The zero-order chi connectivity index (χ0) is 21.7. The maximum absolute atomic E-state index is 13.8. The van der Waals surface area contributed by atoms with E-state index in [9.17, 15) is 22.0 Å². The number of hydrogen-bond donors (Lipinski definition) is 2. The molecule has 3 aromatic rings. The number of aromatic nitrogens is 1. The van der Waals surface area contributed by atoms with E-state index in [-0.39, 0.29) is 41.7 Å². The number of aryl methyl sites for hydroxylation is 1. The van der Waals surface area contributed by atoms with E-state index in [1.807, 2.05) is 0 Å². The second kappa shape index (κ2) is 9.04. The van der Waals surface area contributed by atoms with Crippen LogP contribution < -0.4 is 10.0 Å². The summed E-state index contributed by atoms with van der Waals surface area (Å²) in [5.74, 6) is -1.41. The number of nitrogens with zero attached hydrogens (tertiary/aromatic N) is 1. The molecule has 0 bridgehead atoms. The van der Waals surface area contributed by atoms with E-state index >= 15 is 0 Å². The predicted molar refractivity (Wildman–Crippen MR) is 108 cm³/mol. The van der Waals surface area contributed by atoms with Gasteiger partial charge in [-0.3, -0.25) is 9.52 Å². The van der Waals surface area contributed by atoms with Crippen molar-refractivity contribution in [3.05, 3.63) is 66.2 Å². The van der Waals surface area contributed by atoms with Crippen LogP contribution in [0.25, 0.3) is 11.3 Å². The summed E-state index contributed by atoms with van der Waals surface area (Å²) >= 11 is 0. The fourth-order valence-corrected chi connectivity index (χ4v) is 3.20. The Bertz CT molecular complexity index is 1150. The number of sulfonamides is 1. The number of nitrogens with one attached hydrogen (secondary N) is 2. The molecule has 0 saturated carbocycles. The molecule has 2 aromatic carbocycles. The highest BCUT2D eigenvalue weighted by atomic mass is 32.2. The first-order chi connectivity index (χ1) is 14.3. The zero-order valence-corrected chi connectivity index (χ0v) is 16.8. The number of hydrogen-bond acceptors (Lipinski definition) is 5. The van der Waals surface area contributed by atoms with Gasteiger partial charge in [-0.15, -0.1) is 0 Å². The van der Waals surface area contributed by atoms with Crippen LogP contribution in [0.4, 0.5) is 20.2 Å². The largest absolute Gasteiger partial charge is 0.441 e. The van der Waals surface area contributed by atoms with E-state index < -0.39 is 21.7 Å². The summed E-state index contributed by atoms with van der Waals surface area (Å²) in [5.41, 5.74) is 0.981. The topological polar surface area (TPSA) is 101 Å². The number of rotatable bonds is 8. The minimum atomic E-state index is -3.37. The summed E-state index contributed by atoms with van der Waals surface area (Å²) in [5, 5.41) is 2.68. The van der Waals surface area contributed by atoms with E-state index in [2.05, 4.69) is 15.0 Å². The molecule has 7 nitrogen and oxygen atoms in total. The molecule has 0 unspecified atom stereocenters. The number of anilines is 2. The third kappa shape index (κ3) is 5.63. The Morgan fingerprint density at radius 3 is 2.47 bits per heavy atom. The molecule has 30 heavy (non-hydrogen) atoms. The van der Waals surface area contributed by atoms with Gasteiger partial charge in [0.2, 0.25) is 15.9 Å². The summed E-state index contributed by atoms with van der Waals surface area (Å²) in [7, 11) is -3.37. The second-order valence-electron chi connectivity index (χ2n) is 6.37. The van der Waals surface area contributed by atoms with Crippen molar-refractivity contribution in [2.75, 3.05) is 15.8 Å². The molecule has 10 heteroatoms. The lowest BCUT2D eigenvalue weighted by molar-refractivity contribution is -0.116. The number of carbonyl (C=O) groups excluding carboxylic acids is 1. The number of halogens is 2. The van der Waals surface area contributed by atoms with E-state index in [1.54, 1.807) is 24.3 Å². The van der Waals surface area contributed by atoms with E-state index in [0.29, 0.717) is 11.4 Å². The molecule has 0 aliphatic carbocycles. The van der Waals surface area contributed by atoms with Crippen molar-refractivity contribution >= 4 is 27.3 Å². The molecular weight excluding hydrogens is 416 g/mol. The van der Waals surface area contributed by atoms with Crippen LogP contribution in [0.2, 0.25) is 0 Å². The Hall–Kier alpha value is -3.27. The smallest absolute Gasteiger partial charge is 0.232 e. The molecule has 0 aliphatic heterocycles. The van der Waals surface area contributed by atoms with Gasteiger partial charge in [-0.25, -0.2) is 22.2 Å². The van der Waals surface area contributed by atoms with E-state index in [4.69, 9.17) is 4.42 Å². The third-order valence-corrected chi connectivity index (χ3v) is 5.44. The molecule has 1 aromatic heterocycles. The van der Waals surface area contributed by atoms with Crippen molar-refractivity contribution in [2.45, 2.75) is 19.8 Å². The van der Waals surface area contributed by atoms with Gasteiger partial charge in [0.15, 0.2) is 11.7 Å². The highest BCUT2D eigenvalue weighted by Crippen LogP contribution is 2.24. The second-order valence-corrected chi connectivity index (χ2v) is 8.38. The molecule has 0 fully saturated rings. The number of carbonyl (C=O) groups is 1. The van der Waals surface area contributed by atoms with E-state index in [1.165, 1.54) is 19.2 Å². The quantitative estimate of drug-likeness (QED) is 0.558. The summed E-state index contributed by atoms with van der Waals surface area (Å²) in [6.45, 7) is 1.53. The zero-order valence-electron chi connectivity index (χ0n) is 16.0. The maximum Gasteiger partial charge on any atom is 0.232 e. The Balaban J connectivity index is 1.54. The van der Waals surface area contributed by atoms with Crippen molar-refractivity contribution in [1.29, 1.82) is 0 Å². The van der Waals surface area contributed by atoms with Crippen molar-refractivity contribution in [3.63, 3.8) is 0 Å². The predicted octanol–water partition coefficient (Wildman–Crippen LogP) is 3.95. The van der Waals surface area contributed by atoms with Gasteiger partial charge in [-0.1, -0.05) is 0 Å². The first kappa shape index (κ1) is 21.4. The molecule has 158 valence electrons. The summed E-state index contributed by atoms with van der Waals surface area (Å²) in [6, 6.07) is 9.36. The van der Waals surface area contributed by atoms with Gasteiger partial charge < -0.3 is 9.73 Å². The normalized spacial score (nSPS) is 11.3. The first-order valence-corrected chi connectivity index (χ1v) is 10.7. The molecule has 0 spiro atoms. The van der Waals surface area contributed by atoms with Crippen LogP contribution in [0.5, 0.6) is 0 Å². The summed E-state index contributed by atoms with van der Waals surface area (Å²) in [4.78, 5) is 16.1. The first-order valence-electron chi connectivity index (χ1n) is 9.06. The Kier molecular flexibility index (Phi) is 6.46. The fourth-order valence-electron chi connectivity index (χ4n) is 2.56. The van der Waals surface area contributed by atoms with Crippen LogP contribution in [0.15, 0.2) is 53.1 Å². The molecule has 0 saturated heterocycles. The summed E-state index contributed by atoms with van der Waals surface area (Å²) in [6.07, 6.45) is 1.57. The van der Waals surface area contributed by atoms with Gasteiger partial charge in [-0.05, 0) is 43.3 Å². The van der Waals surface area contributed by atoms with Crippen LogP contribution in [0.1, 0.15) is 19.2 Å². The monoisotopic (exact) mass is 435 g/mol. The Labute approximate surface area is 172 Å². The molecular formula is C20H19F2N3O4S. The molecule has 3 rings (SSSR count). The van der Waals surface area contributed by atoms with Gasteiger partial charge in [0, 0.05) is 30.3 Å². The van der Waals surface area contributed by atoms with E-state index in [0.717, 1.165) is 12.1 Å². The Morgan fingerprint density at radius 1 is 1.10 bits per heavy atom. The molecule has 1 heterocycles. The molecule has 0 atom stereocenters. The van der Waals surface area contributed by atoms with Gasteiger partial charge in [0.05, 0.1) is 17.5 Å². The number of amides is 1. The van der Waals surface area contributed by atoms with Crippen molar-refractivity contribution < 1.29 is 26.4 Å². The fraction of sp³-hybridized carbons (Fsp3) is 0.200. The lowest BCUT2D eigenvalue weighted by Gasteiger charge is -2.08. The average Bonchev–Trinajstić information content (AvgIpc) is 3.16. The number of oxazole rings is 1. The van der Waals surface area contributed by atoms with Crippen molar-refractivity contribution in [2.24, 2.45) is 0 Å². The highest BCUT2D eigenvalue weighted by molar-refractivity contribution is 7.92. The SMILES string of the molecule is CCS(=O)(=O)Nc1ccc(NC(=O)CCc2ncc(-c3ccc(F)cc3F)o2)cc1. The van der Waals surface area contributed by atoms with Gasteiger partial charge in [0.1, 0.15) is 11.6 Å². The van der Waals surface area contributed by atoms with Crippen LogP contribution in [0.3, 0.4) is 0 Å². The molecule has 0 aliphatic rings. The molecule has 0 radical (unpaired) electrons. The molecule has 1 amide bonds. The minimum absolute atomic E-state index is 0.0399. The van der Waals surface area contributed by atoms with Crippen LogP contribution in [0, 0.1) is 11.6 Å². The van der Waals surface area contributed by atoms with Crippen LogP contribution in [-0.4, -0.2) is 25.1 Å². The van der Waals surface area contributed by atoms with Gasteiger partial charge in [0.25, 0.3) is 0 Å². The summed E-state index contributed by atoms with van der Waals surface area (Å²) < 4.78 is 57.8. The number of benzene rings is 2. The lowest BCUT2D eigenvalue weighted by atomic mass is 10.2. The standard InChI is InChI=1S/C20H19F2N3O4S/c1-2-30(27,28)25-15-6-4-14(5-7-15)24-19(26)9-10-20-23-12-18(29-20)16-8-3-13(21)11-17(16)22/h3-8,11-12,25H,2,9-10H2,1H3,(H,24,26). The maximum atomic E-state index is 13.8. The Morgan fingerprint density at radius 2 is 1.80 bits per heavy atom. The minimum Gasteiger partial charge on any atom is -0.441 e. The van der Waals surface area contributed by atoms with Crippen LogP contribution >= 0.6 is 0 Å². The molecule has 2 N–H and O–H groups in total. The van der Waals surface area contributed by atoms with Gasteiger partial charge >= 0.3 is 0 Å². The van der Waals surface area contributed by atoms with Crippen LogP contribution in [-0.2, 0) is 21.2 Å². The van der Waals surface area contributed by atoms with Crippen molar-refractivity contribution in [1.82, 2.24) is 4.98 Å². The average molecular weight is 435 g/mol. The van der Waals surface area contributed by atoms with Crippen molar-refractivity contribution in [3.8, 4) is 11.3 Å². The van der Waals surface area contributed by atoms with Gasteiger partial charge in [-0.2, -0.15) is 0 Å². The highest BCUT2D eigenvalue weighted by Gasteiger charge is 2.13. The third-order valence-electron chi connectivity index (χ3n) is 4.14.